The van der Waals surface area contributed by atoms with Crippen LogP contribution in [0.2, 0.25) is 0 Å². The second-order valence-corrected chi connectivity index (χ2v) is 5.73. The molecule has 19 heavy (non-hydrogen) atoms. The third kappa shape index (κ3) is 3.96. The van der Waals surface area contributed by atoms with Gasteiger partial charge < -0.3 is 10.4 Å². The number of carboxylic acid groups (broad SMARTS) is 1. The van der Waals surface area contributed by atoms with Crippen molar-refractivity contribution in [3.8, 4) is 0 Å². The molecule has 5 nitrogen and oxygen atoms in total. The number of carbonyl (C=O) groups is 2. The lowest BCUT2D eigenvalue weighted by Gasteiger charge is -2.21. The predicted octanol–water partition coefficient (Wildman–Crippen LogP) is 1.65. The van der Waals surface area contributed by atoms with Crippen LogP contribution in [0.5, 0.6) is 0 Å². The molecule has 2 N–H and O–H groups in total. The fourth-order valence-corrected chi connectivity index (χ4v) is 3.14. The molecule has 1 aliphatic rings. The lowest BCUT2D eigenvalue weighted by molar-refractivity contribution is 0.0695. The average Bonchev–Trinajstić information content (AvgIpc) is 2.46. The van der Waals surface area contributed by atoms with Gasteiger partial charge in [-0.25, -0.2) is 4.79 Å². The van der Waals surface area contributed by atoms with E-state index in [1.807, 2.05) is 11.8 Å². The van der Waals surface area contributed by atoms with E-state index in [0.29, 0.717) is 12.5 Å². The molecular weight excluding hydrogens is 264 g/mol. The molecule has 0 aromatic carbocycles. The summed E-state index contributed by atoms with van der Waals surface area (Å²) in [5.74, 6) is 1.58. The first-order valence-electron chi connectivity index (χ1n) is 6.22. The topological polar surface area (TPSA) is 79.3 Å². The van der Waals surface area contributed by atoms with Crippen molar-refractivity contribution in [1.29, 1.82) is 0 Å². The van der Waals surface area contributed by atoms with Crippen LogP contribution in [0.3, 0.4) is 0 Å². The number of carboxylic acids is 1. The molecule has 2 rings (SSSR count). The Labute approximate surface area is 115 Å². The van der Waals surface area contributed by atoms with Crippen molar-refractivity contribution in [1.82, 2.24) is 10.3 Å². The van der Waals surface area contributed by atoms with Gasteiger partial charge in [0.1, 0.15) is 5.69 Å². The lowest BCUT2D eigenvalue weighted by atomic mass is 10.0. The SMILES string of the molecule is O=C(O)c1ccc(C(=O)NCC2CCSCC2)nc1. The van der Waals surface area contributed by atoms with E-state index in [1.54, 1.807) is 0 Å². The fourth-order valence-electron chi connectivity index (χ4n) is 1.93. The molecule has 0 saturated carbocycles. The third-order valence-electron chi connectivity index (χ3n) is 3.14. The number of amides is 1. The van der Waals surface area contributed by atoms with Gasteiger partial charge in [-0.1, -0.05) is 0 Å². The van der Waals surface area contributed by atoms with Crippen molar-refractivity contribution in [2.24, 2.45) is 5.92 Å². The van der Waals surface area contributed by atoms with Gasteiger partial charge in [0.2, 0.25) is 0 Å². The van der Waals surface area contributed by atoms with Crippen LogP contribution in [0.1, 0.15) is 33.7 Å². The number of pyridine rings is 1. The minimum Gasteiger partial charge on any atom is -0.478 e. The molecule has 102 valence electrons. The summed E-state index contributed by atoms with van der Waals surface area (Å²) in [6.07, 6.45) is 3.47. The van der Waals surface area contributed by atoms with Crippen molar-refractivity contribution in [2.45, 2.75) is 12.8 Å². The fraction of sp³-hybridized carbons (Fsp3) is 0.462. The van der Waals surface area contributed by atoms with E-state index in [1.165, 1.54) is 18.3 Å². The molecule has 1 fully saturated rings. The molecular formula is C13H16N2O3S. The zero-order valence-electron chi connectivity index (χ0n) is 10.5. The van der Waals surface area contributed by atoms with Crippen LogP contribution in [-0.2, 0) is 0 Å². The number of carbonyl (C=O) groups excluding carboxylic acids is 1. The maximum atomic E-state index is 11.8. The number of rotatable bonds is 4. The smallest absolute Gasteiger partial charge is 0.337 e. The standard InChI is InChI=1S/C13H16N2O3S/c16-12(15-7-9-3-5-19-6-4-9)11-2-1-10(8-14-11)13(17)18/h1-2,8-9H,3-7H2,(H,15,16)(H,17,18). The number of aromatic carboxylic acids is 1. The van der Waals surface area contributed by atoms with Crippen LogP contribution in [0.25, 0.3) is 0 Å². The van der Waals surface area contributed by atoms with Crippen molar-refractivity contribution in [2.75, 3.05) is 18.1 Å². The quantitative estimate of drug-likeness (QED) is 0.876. The highest BCUT2D eigenvalue weighted by atomic mass is 32.2. The predicted molar refractivity (Wildman–Crippen MR) is 73.6 cm³/mol. The van der Waals surface area contributed by atoms with E-state index in [4.69, 9.17) is 5.11 Å². The van der Waals surface area contributed by atoms with Crippen molar-refractivity contribution in [3.05, 3.63) is 29.6 Å². The molecule has 1 saturated heterocycles. The third-order valence-corrected chi connectivity index (χ3v) is 4.18. The normalized spacial score (nSPS) is 16.0. The van der Waals surface area contributed by atoms with Gasteiger partial charge in [-0.05, 0) is 42.4 Å². The summed E-state index contributed by atoms with van der Waals surface area (Å²) < 4.78 is 0. The summed E-state index contributed by atoms with van der Waals surface area (Å²) >= 11 is 1.95. The van der Waals surface area contributed by atoms with E-state index < -0.39 is 5.97 Å². The van der Waals surface area contributed by atoms with Crippen molar-refractivity contribution >= 4 is 23.6 Å². The summed E-state index contributed by atoms with van der Waals surface area (Å²) in [7, 11) is 0. The van der Waals surface area contributed by atoms with E-state index in [2.05, 4.69) is 10.3 Å². The molecule has 0 aliphatic carbocycles. The first-order valence-corrected chi connectivity index (χ1v) is 7.37. The van der Waals surface area contributed by atoms with Crippen LogP contribution in [0.4, 0.5) is 0 Å². The maximum Gasteiger partial charge on any atom is 0.337 e. The van der Waals surface area contributed by atoms with Crippen LogP contribution in [0, 0.1) is 5.92 Å². The van der Waals surface area contributed by atoms with E-state index in [-0.39, 0.29) is 17.2 Å². The van der Waals surface area contributed by atoms with Gasteiger partial charge in [0, 0.05) is 12.7 Å². The highest BCUT2D eigenvalue weighted by Gasteiger charge is 2.15. The van der Waals surface area contributed by atoms with Crippen molar-refractivity contribution in [3.63, 3.8) is 0 Å². The summed E-state index contributed by atoms with van der Waals surface area (Å²) in [5.41, 5.74) is 0.344. The molecule has 0 radical (unpaired) electrons. The van der Waals surface area contributed by atoms with Gasteiger partial charge >= 0.3 is 5.97 Å². The highest BCUT2D eigenvalue weighted by molar-refractivity contribution is 7.99. The van der Waals surface area contributed by atoms with Gasteiger partial charge in [0.05, 0.1) is 5.56 Å². The molecule has 2 heterocycles. The number of hydrogen-bond donors (Lipinski definition) is 2. The first-order chi connectivity index (χ1) is 9.16. The van der Waals surface area contributed by atoms with Gasteiger partial charge in [0.25, 0.3) is 5.91 Å². The van der Waals surface area contributed by atoms with Crippen LogP contribution in [-0.4, -0.2) is 40.0 Å². The zero-order chi connectivity index (χ0) is 13.7. The van der Waals surface area contributed by atoms with Crippen LogP contribution < -0.4 is 5.32 Å². The van der Waals surface area contributed by atoms with E-state index in [0.717, 1.165) is 24.3 Å². The molecule has 6 heteroatoms. The monoisotopic (exact) mass is 280 g/mol. The number of nitrogens with zero attached hydrogens (tertiary/aromatic N) is 1. The largest absolute Gasteiger partial charge is 0.478 e. The minimum absolute atomic E-state index is 0.0841. The highest BCUT2D eigenvalue weighted by Crippen LogP contribution is 2.21. The minimum atomic E-state index is -1.04. The summed E-state index contributed by atoms with van der Waals surface area (Å²) in [6.45, 7) is 0.668. The Morgan fingerprint density at radius 2 is 2.11 bits per heavy atom. The second-order valence-electron chi connectivity index (χ2n) is 4.50. The molecule has 1 aliphatic heterocycles. The summed E-state index contributed by atoms with van der Waals surface area (Å²) in [4.78, 5) is 26.4. The Bertz CT molecular complexity index is 455. The van der Waals surface area contributed by atoms with E-state index >= 15 is 0 Å². The molecule has 0 atom stereocenters. The molecule has 0 bridgehead atoms. The summed E-state index contributed by atoms with van der Waals surface area (Å²) in [5, 5.41) is 11.6. The van der Waals surface area contributed by atoms with Gasteiger partial charge in [-0.2, -0.15) is 11.8 Å². The Morgan fingerprint density at radius 3 is 2.68 bits per heavy atom. The Kier molecular flexibility index (Phi) is 4.79. The Hall–Kier alpha value is -1.56. The number of thioether (sulfide) groups is 1. The zero-order valence-corrected chi connectivity index (χ0v) is 11.3. The summed E-state index contributed by atoms with van der Waals surface area (Å²) in [6, 6.07) is 2.83. The Balaban J connectivity index is 1.86. The lowest BCUT2D eigenvalue weighted by Crippen LogP contribution is -2.31. The average molecular weight is 280 g/mol. The number of hydrogen-bond acceptors (Lipinski definition) is 4. The van der Waals surface area contributed by atoms with Crippen LogP contribution in [0.15, 0.2) is 18.3 Å². The van der Waals surface area contributed by atoms with Gasteiger partial charge in [0.15, 0.2) is 0 Å². The second kappa shape index (κ2) is 6.56. The first kappa shape index (κ1) is 13.9. The van der Waals surface area contributed by atoms with Crippen LogP contribution >= 0.6 is 11.8 Å². The van der Waals surface area contributed by atoms with Crippen molar-refractivity contribution < 1.29 is 14.7 Å². The van der Waals surface area contributed by atoms with Gasteiger partial charge in [-0.3, -0.25) is 9.78 Å². The Morgan fingerprint density at radius 1 is 1.37 bits per heavy atom. The molecule has 1 aromatic rings. The van der Waals surface area contributed by atoms with Gasteiger partial charge in [-0.15, -0.1) is 0 Å². The molecule has 0 spiro atoms. The molecule has 0 unspecified atom stereocenters. The van der Waals surface area contributed by atoms with E-state index in [9.17, 15) is 9.59 Å². The number of nitrogens with one attached hydrogen (secondary N) is 1. The molecule has 1 amide bonds. The molecule has 1 aromatic heterocycles. The maximum absolute atomic E-state index is 11.8. The number of aromatic nitrogens is 1.